The lowest BCUT2D eigenvalue weighted by Gasteiger charge is -2.43. The van der Waals surface area contributed by atoms with E-state index in [9.17, 15) is 0 Å². The minimum absolute atomic E-state index is 0.0150. The van der Waals surface area contributed by atoms with Crippen LogP contribution >= 0.6 is 0 Å². The van der Waals surface area contributed by atoms with E-state index in [1.165, 1.54) is 16.3 Å². The number of rotatable bonds is 9. The van der Waals surface area contributed by atoms with Crippen LogP contribution in [0.5, 0.6) is 0 Å². The van der Waals surface area contributed by atoms with Gasteiger partial charge in [0.25, 0.3) is 0 Å². The fourth-order valence-electron chi connectivity index (χ4n) is 10.0. The van der Waals surface area contributed by atoms with E-state index in [1.807, 2.05) is 24.7 Å². The standard InChI is InChI=1S/C57H71B6N5O7/c1-53(2,3)41-29-30-65-51(33-41)68-47-24-17-16-21-43(47)44-28-27-39(32-50(44)68)36-69-37-40-31-42(35-64-34-40)66-38-67(49-26-19-18-25-48(49)66)52-45(58-70-60(54(4,5)6)74-61(71-58)55(7,8)9)22-20-23-46(52)59-72-62(56(10,11)12)75-63(73-59)57(13,14)15/h16-35H,36-38H2,1-15H3. The van der Waals surface area contributed by atoms with E-state index in [-0.39, 0.29) is 26.7 Å². The SMILES string of the molecule is CC(C)(C)B1OB(c2cccc(B3OB(C(C)(C)C)OB(C(C)(C)C)O3)c2N2CN(c3cncc(COCc4ccc5c6ccccc6n(-c6cc(C(C)(C)C)ccn6)c5c4)c3)c3ccccc32)OB(C(C)(C)C)O1. The maximum Gasteiger partial charge on any atom is 0.468 e. The number of aromatic nitrogens is 3. The van der Waals surface area contributed by atoms with Crippen molar-refractivity contribution in [2.75, 3.05) is 16.5 Å². The summed E-state index contributed by atoms with van der Waals surface area (Å²) in [6, 6.07) is 36.4. The van der Waals surface area contributed by atoms with Crippen LogP contribution in [0.15, 0.2) is 122 Å². The third-order valence-electron chi connectivity index (χ3n) is 14.1. The fraction of sp³-hybridized carbons (Fsp3) is 0.404. The third kappa shape index (κ3) is 10.9. The molecule has 12 nitrogen and oxygen atoms in total. The summed E-state index contributed by atoms with van der Waals surface area (Å²) < 4.78 is 49.6. The van der Waals surface area contributed by atoms with Gasteiger partial charge in [-0.15, -0.1) is 0 Å². The van der Waals surface area contributed by atoms with Crippen molar-refractivity contribution in [1.82, 2.24) is 14.5 Å². The lowest BCUT2D eigenvalue weighted by molar-refractivity contribution is 0.107. The predicted octanol–water partition coefficient (Wildman–Crippen LogP) is 12.5. The highest BCUT2D eigenvalue weighted by Gasteiger charge is 2.55. The number of nitrogens with zero attached hydrogens (tertiary/aromatic N) is 5. The molecule has 2 saturated heterocycles. The first kappa shape index (κ1) is 53.1. The first-order valence-corrected chi connectivity index (χ1v) is 26.5. The van der Waals surface area contributed by atoms with E-state index < -0.39 is 42.7 Å². The molecule has 7 aromatic rings. The maximum absolute atomic E-state index is 6.90. The molecular weight excluding hydrogens is 932 g/mol. The molecule has 18 heteroatoms. The van der Waals surface area contributed by atoms with Crippen molar-refractivity contribution < 1.29 is 32.2 Å². The molecule has 10 rings (SSSR count). The number of fused-ring (bicyclic) bond motifs is 4. The number of hydrogen-bond donors (Lipinski definition) is 0. The summed E-state index contributed by atoms with van der Waals surface area (Å²) in [6.07, 6.45) is 5.73. The largest absolute Gasteiger partial charge is 0.468 e. The highest BCUT2D eigenvalue weighted by atomic mass is 16.7. The first-order valence-electron chi connectivity index (χ1n) is 26.5. The molecule has 4 aromatic carbocycles. The number of ether oxygens (including phenoxy) is 1. The molecule has 0 unspecified atom stereocenters. The van der Waals surface area contributed by atoms with Crippen molar-refractivity contribution in [3.63, 3.8) is 0 Å². The Hall–Kier alpha value is -5.31. The second-order valence-corrected chi connectivity index (χ2v) is 25.9. The van der Waals surface area contributed by atoms with Crippen LogP contribution in [0.25, 0.3) is 27.6 Å². The summed E-state index contributed by atoms with van der Waals surface area (Å²) in [5.74, 6) is 0.901. The molecule has 3 aliphatic heterocycles. The Morgan fingerprint density at radius 3 is 1.61 bits per heavy atom. The van der Waals surface area contributed by atoms with Crippen LogP contribution in [-0.4, -0.2) is 63.9 Å². The number of benzene rings is 4. The Bertz CT molecular complexity index is 3100. The molecule has 75 heavy (non-hydrogen) atoms. The van der Waals surface area contributed by atoms with Gasteiger partial charge >= 0.3 is 42.7 Å². The van der Waals surface area contributed by atoms with Crippen LogP contribution in [-0.2, 0) is 50.8 Å². The van der Waals surface area contributed by atoms with Crippen LogP contribution in [0.1, 0.15) is 121 Å². The van der Waals surface area contributed by atoms with E-state index >= 15 is 0 Å². The summed E-state index contributed by atoms with van der Waals surface area (Å²) in [4.78, 5) is 14.3. The third-order valence-corrected chi connectivity index (χ3v) is 14.1. The molecule has 0 aliphatic carbocycles. The zero-order chi connectivity index (χ0) is 53.4. The normalized spacial score (nSPS) is 16.3. The molecule has 0 atom stereocenters. The lowest BCUT2D eigenvalue weighted by Crippen LogP contribution is -2.62. The van der Waals surface area contributed by atoms with Crippen molar-refractivity contribution in [2.24, 2.45) is 0 Å². The number of hydrogen-bond acceptors (Lipinski definition) is 11. The lowest BCUT2D eigenvalue weighted by atomic mass is 9.49. The smallest absolute Gasteiger partial charge is 0.452 e. The van der Waals surface area contributed by atoms with Gasteiger partial charge in [-0.05, 0) is 85.8 Å². The van der Waals surface area contributed by atoms with Crippen LogP contribution < -0.4 is 20.7 Å². The fourth-order valence-corrected chi connectivity index (χ4v) is 10.0. The molecule has 0 bridgehead atoms. The molecule has 0 radical (unpaired) electrons. The van der Waals surface area contributed by atoms with Crippen molar-refractivity contribution >= 4 is 98.2 Å². The van der Waals surface area contributed by atoms with Crippen molar-refractivity contribution in [3.8, 4) is 5.82 Å². The zero-order valence-electron chi connectivity index (χ0n) is 46.7. The molecule has 384 valence electrons. The van der Waals surface area contributed by atoms with Gasteiger partial charge in [-0.1, -0.05) is 165 Å². The quantitative estimate of drug-likeness (QED) is 0.129. The van der Waals surface area contributed by atoms with Crippen LogP contribution in [0.3, 0.4) is 0 Å². The molecule has 0 saturated carbocycles. The van der Waals surface area contributed by atoms with E-state index in [2.05, 4.69) is 215 Å². The van der Waals surface area contributed by atoms with E-state index in [0.717, 1.165) is 61.7 Å². The second kappa shape index (κ2) is 19.9. The molecule has 0 amide bonds. The van der Waals surface area contributed by atoms with Gasteiger partial charge < -0.3 is 42.0 Å². The monoisotopic (exact) mass is 1000 g/mol. The Labute approximate surface area is 447 Å². The van der Waals surface area contributed by atoms with E-state index in [0.29, 0.717) is 19.9 Å². The Kier molecular flexibility index (Phi) is 14.1. The average molecular weight is 1000 g/mol. The van der Waals surface area contributed by atoms with Gasteiger partial charge in [0.15, 0.2) is 0 Å². The molecule has 0 N–H and O–H groups in total. The topological polar surface area (TPSA) is 102 Å². The molecule has 0 spiro atoms. The second-order valence-electron chi connectivity index (χ2n) is 25.9. The molecule has 3 aromatic heterocycles. The minimum Gasteiger partial charge on any atom is -0.452 e. The van der Waals surface area contributed by atoms with Crippen molar-refractivity contribution in [2.45, 2.75) is 144 Å². The maximum atomic E-state index is 6.90. The Morgan fingerprint density at radius 2 is 1.04 bits per heavy atom. The predicted molar refractivity (Wildman–Crippen MR) is 311 cm³/mol. The van der Waals surface area contributed by atoms with Crippen LogP contribution in [0.4, 0.5) is 22.7 Å². The van der Waals surface area contributed by atoms with Gasteiger partial charge in [-0.3, -0.25) is 9.55 Å². The van der Waals surface area contributed by atoms with Gasteiger partial charge in [0.05, 0.1) is 47.5 Å². The summed E-state index contributed by atoms with van der Waals surface area (Å²) in [7, 11) is -3.78. The highest BCUT2D eigenvalue weighted by molar-refractivity contribution is 6.84. The van der Waals surface area contributed by atoms with E-state index in [1.54, 1.807) is 0 Å². The number of anilines is 4. The molecule has 2 fully saturated rings. The Balaban J connectivity index is 0.979. The van der Waals surface area contributed by atoms with Gasteiger partial charge in [0.2, 0.25) is 0 Å². The van der Waals surface area contributed by atoms with Gasteiger partial charge in [-0.2, -0.15) is 0 Å². The van der Waals surface area contributed by atoms with Crippen molar-refractivity contribution in [1.29, 1.82) is 0 Å². The first-order chi connectivity index (χ1) is 35.3. The van der Waals surface area contributed by atoms with Gasteiger partial charge in [0, 0.05) is 39.8 Å². The van der Waals surface area contributed by atoms with Crippen molar-refractivity contribution in [3.05, 3.63) is 138 Å². The highest BCUT2D eigenvalue weighted by Crippen LogP contribution is 2.46. The number of pyridine rings is 2. The molecule has 3 aliphatic rings. The summed E-state index contributed by atoms with van der Waals surface area (Å²) in [5.41, 5.74) is 11.0. The van der Waals surface area contributed by atoms with Crippen LogP contribution in [0, 0.1) is 0 Å². The van der Waals surface area contributed by atoms with Gasteiger partial charge in [-0.25, -0.2) is 4.98 Å². The summed E-state index contributed by atoms with van der Waals surface area (Å²) >= 11 is 0. The minimum atomic E-state index is -0.789. The van der Waals surface area contributed by atoms with Crippen LogP contribution in [0.2, 0.25) is 21.3 Å². The molecular formula is C57H71B6N5O7. The zero-order valence-corrected chi connectivity index (χ0v) is 46.7. The van der Waals surface area contributed by atoms with E-state index in [4.69, 9.17) is 42.1 Å². The average Bonchev–Trinajstić information content (AvgIpc) is 3.91. The Morgan fingerprint density at radius 1 is 0.507 bits per heavy atom. The number of para-hydroxylation sites is 4. The summed E-state index contributed by atoms with van der Waals surface area (Å²) in [5, 5.41) is 0.980. The summed E-state index contributed by atoms with van der Waals surface area (Å²) in [6.45, 7) is 33.5. The van der Waals surface area contributed by atoms with Gasteiger partial charge in [0.1, 0.15) is 12.5 Å². The molecule has 6 heterocycles.